The van der Waals surface area contributed by atoms with Crippen molar-refractivity contribution >= 4 is 11.9 Å². The van der Waals surface area contributed by atoms with Crippen molar-refractivity contribution in [3.05, 3.63) is 0 Å². The van der Waals surface area contributed by atoms with E-state index in [9.17, 15) is 9.59 Å². The molecule has 0 heterocycles. The largest absolute Gasteiger partial charge is 0.481 e. The normalized spacial score (nSPS) is 14.3. The smallest absolute Gasteiger partial charge is 0.303 e. The zero-order chi connectivity index (χ0) is 11.8. The molecule has 0 aromatic rings. The standard InChI is InChI=1S/C9H18N2O4/c1-6(3-8(12)13)5-11-9(14)7(4-10)15-2/h6-7H,3-5,10H2,1-2H3,(H,11,14)(H,12,13). The number of carboxylic acid groups (broad SMARTS) is 1. The topological polar surface area (TPSA) is 102 Å². The summed E-state index contributed by atoms with van der Waals surface area (Å²) in [6.45, 7) is 2.17. The van der Waals surface area contributed by atoms with Crippen molar-refractivity contribution in [1.29, 1.82) is 0 Å². The van der Waals surface area contributed by atoms with Gasteiger partial charge in [-0.3, -0.25) is 9.59 Å². The number of methoxy groups -OCH3 is 1. The van der Waals surface area contributed by atoms with Crippen LogP contribution in [0.5, 0.6) is 0 Å². The molecule has 0 spiro atoms. The van der Waals surface area contributed by atoms with Gasteiger partial charge in [-0.25, -0.2) is 0 Å². The monoisotopic (exact) mass is 218 g/mol. The third kappa shape index (κ3) is 6.03. The summed E-state index contributed by atoms with van der Waals surface area (Å²) in [5, 5.41) is 11.1. The number of ether oxygens (including phenoxy) is 1. The summed E-state index contributed by atoms with van der Waals surface area (Å²) < 4.78 is 4.82. The number of aliphatic carboxylic acids is 1. The van der Waals surface area contributed by atoms with Crippen LogP contribution in [0.2, 0.25) is 0 Å². The van der Waals surface area contributed by atoms with Crippen LogP contribution in [-0.2, 0) is 14.3 Å². The van der Waals surface area contributed by atoms with Crippen LogP contribution in [0.1, 0.15) is 13.3 Å². The molecule has 0 aliphatic heterocycles. The number of hydrogen-bond acceptors (Lipinski definition) is 4. The first-order valence-electron chi connectivity index (χ1n) is 4.73. The summed E-state index contributed by atoms with van der Waals surface area (Å²) in [6, 6.07) is 0. The predicted molar refractivity (Wildman–Crippen MR) is 54.3 cm³/mol. The quantitative estimate of drug-likeness (QED) is 0.518. The summed E-state index contributed by atoms with van der Waals surface area (Å²) in [6.07, 6.45) is -0.636. The Hall–Kier alpha value is -1.14. The summed E-state index contributed by atoms with van der Waals surface area (Å²) >= 11 is 0. The van der Waals surface area contributed by atoms with Gasteiger partial charge < -0.3 is 20.9 Å². The summed E-state index contributed by atoms with van der Waals surface area (Å²) in [7, 11) is 1.40. The third-order valence-electron chi connectivity index (χ3n) is 1.94. The molecule has 0 radical (unpaired) electrons. The maximum Gasteiger partial charge on any atom is 0.303 e. The molecular weight excluding hydrogens is 200 g/mol. The van der Waals surface area contributed by atoms with E-state index in [0.29, 0.717) is 6.54 Å². The Kier molecular flexibility index (Phi) is 6.64. The SMILES string of the molecule is COC(CN)C(=O)NCC(C)CC(=O)O. The molecule has 15 heavy (non-hydrogen) atoms. The Balaban J connectivity index is 3.83. The third-order valence-corrected chi connectivity index (χ3v) is 1.94. The fraction of sp³-hybridized carbons (Fsp3) is 0.778. The van der Waals surface area contributed by atoms with Crippen molar-refractivity contribution < 1.29 is 19.4 Å². The molecule has 0 aromatic heterocycles. The maximum absolute atomic E-state index is 11.3. The number of carbonyl (C=O) groups is 2. The minimum absolute atomic E-state index is 0.0283. The van der Waals surface area contributed by atoms with E-state index >= 15 is 0 Å². The molecular formula is C9H18N2O4. The molecule has 0 fully saturated rings. The van der Waals surface area contributed by atoms with Crippen LogP contribution < -0.4 is 11.1 Å². The molecule has 0 aliphatic carbocycles. The van der Waals surface area contributed by atoms with Gasteiger partial charge in [0.15, 0.2) is 0 Å². The van der Waals surface area contributed by atoms with Crippen LogP contribution in [-0.4, -0.2) is 43.3 Å². The van der Waals surface area contributed by atoms with Crippen LogP contribution in [0, 0.1) is 5.92 Å². The van der Waals surface area contributed by atoms with Gasteiger partial charge in [0.1, 0.15) is 6.10 Å². The van der Waals surface area contributed by atoms with Crippen molar-refractivity contribution in [2.45, 2.75) is 19.4 Å². The Morgan fingerprint density at radius 3 is 2.53 bits per heavy atom. The summed E-state index contributed by atoms with van der Waals surface area (Å²) in [4.78, 5) is 21.7. The Morgan fingerprint density at radius 1 is 1.53 bits per heavy atom. The highest BCUT2D eigenvalue weighted by Crippen LogP contribution is 1.99. The molecule has 0 rings (SSSR count). The Labute approximate surface area is 88.8 Å². The first-order chi connectivity index (χ1) is 7.01. The van der Waals surface area contributed by atoms with Gasteiger partial charge in [0.25, 0.3) is 0 Å². The number of amides is 1. The van der Waals surface area contributed by atoms with Gasteiger partial charge in [0.2, 0.25) is 5.91 Å². The molecule has 6 heteroatoms. The van der Waals surface area contributed by atoms with E-state index in [1.54, 1.807) is 6.92 Å². The summed E-state index contributed by atoms with van der Waals surface area (Å²) in [5.41, 5.74) is 5.29. The highest BCUT2D eigenvalue weighted by atomic mass is 16.5. The van der Waals surface area contributed by atoms with Gasteiger partial charge in [0.05, 0.1) is 0 Å². The average Bonchev–Trinajstić information content (AvgIpc) is 2.15. The van der Waals surface area contributed by atoms with Gasteiger partial charge in [0, 0.05) is 26.6 Å². The molecule has 1 amide bonds. The second-order valence-corrected chi connectivity index (χ2v) is 3.41. The van der Waals surface area contributed by atoms with Crippen LogP contribution in [0.15, 0.2) is 0 Å². The first-order valence-corrected chi connectivity index (χ1v) is 4.73. The number of carbonyl (C=O) groups excluding carboxylic acids is 1. The predicted octanol–water partition coefficient (Wildman–Crippen LogP) is -0.813. The van der Waals surface area contributed by atoms with Gasteiger partial charge >= 0.3 is 5.97 Å². The van der Waals surface area contributed by atoms with E-state index < -0.39 is 12.1 Å². The van der Waals surface area contributed by atoms with Crippen LogP contribution in [0.4, 0.5) is 0 Å². The fourth-order valence-electron chi connectivity index (χ4n) is 1.07. The van der Waals surface area contributed by atoms with Crippen molar-refractivity contribution in [2.75, 3.05) is 20.2 Å². The molecule has 88 valence electrons. The fourth-order valence-corrected chi connectivity index (χ4v) is 1.07. The number of rotatable bonds is 7. The number of nitrogens with two attached hydrogens (primary N) is 1. The van der Waals surface area contributed by atoms with Crippen molar-refractivity contribution in [3.63, 3.8) is 0 Å². The lowest BCUT2D eigenvalue weighted by atomic mass is 10.1. The lowest BCUT2D eigenvalue weighted by Crippen LogP contribution is -2.42. The molecule has 0 saturated carbocycles. The van der Waals surface area contributed by atoms with Gasteiger partial charge in [-0.2, -0.15) is 0 Å². The van der Waals surface area contributed by atoms with Crippen molar-refractivity contribution in [2.24, 2.45) is 11.7 Å². The zero-order valence-electron chi connectivity index (χ0n) is 9.03. The highest BCUT2D eigenvalue weighted by molar-refractivity contribution is 5.81. The minimum Gasteiger partial charge on any atom is -0.481 e. The van der Waals surface area contributed by atoms with Crippen LogP contribution in [0.3, 0.4) is 0 Å². The number of nitrogens with one attached hydrogen (secondary N) is 1. The lowest BCUT2D eigenvalue weighted by Gasteiger charge is -2.15. The van der Waals surface area contributed by atoms with Crippen molar-refractivity contribution in [3.8, 4) is 0 Å². The van der Waals surface area contributed by atoms with E-state index in [0.717, 1.165) is 0 Å². The van der Waals surface area contributed by atoms with Crippen LogP contribution in [0.25, 0.3) is 0 Å². The first kappa shape index (κ1) is 13.9. The molecule has 0 saturated heterocycles. The molecule has 2 atom stereocenters. The molecule has 2 unspecified atom stereocenters. The van der Waals surface area contributed by atoms with E-state index in [2.05, 4.69) is 5.32 Å². The van der Waals surface area contributed by atoms with Gasteiger partial charge in [-0.05, 0) is 5.92 Å². The van der Waals surface area contributed by atoms with E-state index in [1.807, 2.05) is 0 Å². The van der Waals surface area contributed by atoms with Crippen LogP contribution >= 0.6 is 0 Å². The summed E-state index contributed by atoms with van der Waals surface area (Å²) in [5.74, 6) is -1.29. The molecule has 0 aliphatic rings. The van der Waals surface area contributed by atoms with E-state index in [1.165, 1.54) is 7.11 Å². The Morgan fingerprint density at radius 2 is 2.13 bits per heavy atom. The maximum atomic E-state index is 11.3. The average molecular weight is 218 g/mol. The van der Waals surface area contributed by atoms with Crippen molar-refractivity contribution in [1.82, 2.24) is 5.32 Å². The van der Waals surface area contributed by atoms with Gasteiger partial charge in [-0.1, -0.05) is 6.92 Å². The number of hydrogen-bond donors (Lipinski definition) is 3. The zero-order valence-corrected chi connectivity index (χ0v) is 9.03. The molecule has 0 bridgehead atoms. The lowest BCUT2D eigenvalue weighted by molar-refractivity contribution is -0.138. The minimum atomic E-state index is -0.876. The molecule has 6 nitrogen and oxygen atoms in total. The second-order valence-electron chi connectivity index (χ2n) is 3.41. The Bertz CT molecular complexity index is 216. The molecule has 0 aromatic carbocycles. The number of carboxylic acids is 1. The van der Waals surface area contributed by atoms with Gasteiger partial charge in [-0.15, -0.1) is 0 Å². The van der Waals surface area contributed by atoms with E-state index in [4.69, 9.17) is 15.6 Å². The van der Waals surface area contributed by atoms with E-state index in [-0.39, 0.29) is 24.8 Å². The second kappa shape index (κ2) is 7.19. The molecule has 4 N–H and O–H groups in total. The highest BCUT2D eigenvalue weighted by Gasteiger charge is 2.16.